The number of aryl methyl sites for hydroxylation is 1. The smallest absolute Gasteiger partial charge is 0.234 e. The second kappa shape index (κ2) is 7.46. The van der Waals surface area contributed by atoms with Crippen LogP contribution in [0, 0.1) is 6.92 Å². The molecule has 1 heterocycles. The zero-order chi connectivity index (χ0) is 16.9. The topological polar surface area (TPSA) is 72.7 Å². The van der Waals surface area contributed by atoms with E-state index in [9.17, 15) is 4.79 Å². The predicted molar refractivity (Wildman–Crippen MR) is 94.7 cm³/mol. The average molecular weight is 360 g/mol. The second-order valence-corrected chi connectivity index (χ2v) is 6.38. The zero-order valence-corrected chi connectivity index (χ0v) is 14.4. The molecule has 6 nitrogen and oxygen atoms in total. The number of halogens is 1. The molecule has 1 amide bonds. The van der Waals surface area contributed by atoms with Gasteiger partial charge in [-0.3, -0.25) is 4.79 Å². The lowest BCUT2D eigenvalue weighted by Crippen LogP contribution is -2.15. The minimum absolute atomic E-state index is 0.116. The molecule has 122 valence electrons. The Bertz CT molecular complexity index is 867. The summed E-state index contributed by atoms with van der Waals surface area (Å²) in [5.41, 5.74) is 2.56. The molecule has 0 saturated carbocycles. The third-order valence-corrected chi connectivity index (χ3v) is 4.40. The normalized spacial score (nSPS) is 10.6. The number of para-hydroxylation sites is 1. The van der Waals surface area contributed by atoms with Gasteiger partial charge >= 0.3 is 0 Å². The molecule has 0 aliphatic rings. The Morgan fingerprint density at radius 2 is 2.08 bits per heavy atom. The number of hydrogen-bond donors (Lipinski definition) is 1. The maximum atomic E-state index is 12.1. The highest BCUT2D eigenvalue weighted by atomic mass is 35.5. The Hall–Kier alpha value is -2.38. The predicted octanol–water partition coefficient (Wildman–Crippen LogP) is 3.35. The van der Waals surface area contributed by atoms with Crippen LogP contribution < -0.4 is 5.32 Å². The van der Waals surface area contributed by atoms with E-state index >= 15 is 0 Å². The van der Waals surface area contributed by atoms with E-state index in [2.05, 4.69) is 20.8 Å². The fourth-order valence-electron chi connectivity index (χ4n) is 2.07. The number of hydrogen-bond acceptors (Lipinski definition) is 5. The first kappa shape index (κ1) is 16.5. The van der Waals surface area contributed by atoms with Crippen LogP contribution in [0.5, 0.6) is 0 Å². The Morgan fingerprint density at radius 3 is 2.88 bits per heavy atom. The summed E-state index contributed by atoms with van der Waals surface area (Å²) >= 11 is 7.25. The lowest BCUT2D eigenvalue weighted by molar-refractivity contribution is -0.113. The summed E-state index contributed by atoms with van der Waals surface area (Å²) < 4.78 is 1.55. The Labute approximate surface area is 148 Å². The molecule has 0 aliphatic carbocycles. The summed E-state index contributed by atoms with van der Waals surface area (Å²) in [4.78, 5) is 12.1. The van der Waals surface area contributed by atoms with E-state index in [1.54, 1.807) is 16.8 Å². The first-order valence-electron chi connectivity index (χ1n) is 7.16. The van der Waals surface area contributed by atoms with E-state index in [-0.39, 0.29) is 11.7 Å². The van der Waals surface area contributed by atoms with Crippen molar-refractivity contribution in [2.75, 3.05) is 11.1 Å². The molecule has 1 N–H and O–H groups in total. The number of amides is 1. The van der Waals surface area contributed by atoms with Gasteiger partial charge < -0.3 is 5.32 Å². The number of thioether (sulfide) groups is 1. The molecule has 0 radical (unpaired) electrons. The summed E-state index contributed by atoms with van der Waals surface area (Å²) in [6.07, 6.45) is 0. The summed E-state index contributed by atoms with van der Waals surface area (Å²) in [6.45, 7) is 1.95. The molecule has 0 atom stereocenters. The minimum Gasteiger partial charge on any atom is -0.325 e. The van der Waals surface area contributed by atoms with Gasteiger partial charge in [0, 0.05) is 10.7 Å². The zero-order valence-electron chi connectivity index (χ0n) is 12.8. The maximum Gasteiger partial charge on any atom is 0.234 e. The molecule has 0 fully saturated rings. The van der Waals surface area contributed by atoms with Gasteiger partial charge in [0.05, 0.1) is 11.4 Å². The van der Waals surface area contributed by atoms with E-state index in [1.165, 1.54) is 11.8 Å². The quantitative estimate of drug-likeness (QED) is 0.707. The van der Waals surface area contributed by atoms with Crippen LogP contribution in [0.15, 0.2) is 53.7 Å². The first-order valence-corrected chi connectivity index (χ1v) is 8.52. The van der Waals surface area contributed by atoms with Gasteiger partial charge in [0.15, 0.2) is 0 Å². The third kappa shape index (κ3) is 3.93. The van der Waals surface area contributed by atoms with E-state index < -0.39 is 0 Å². The first-order chi connectivity index (χ1) is 11.6. The van der Waals surface area contributed by atoms with E-state index in [1.807, 2.05) is 43.3 Å². The minimum atomic E-state index is -0.116. The van der Waals surface area contributed by atoms with Crippen LogP contribution in [0.1, 0.15) is 5.56 Å². The summed E-state index contributed by atoms with van der Waals surface area (Å²) in [7, 11) is 0. The van der Waals surface area contributed by atoms with Crippen molar-refractivity contribution in [3.63, 3.8) is 0 Å². The molecule has 24 heavy (non-hydrogen) atoms. The van der Waals surface area contributed by atoms with Gasteiger partial charge in [0.25, 0.3) is 0 Å². The number of rotatable bonds is 5. The van der Waals surface area contributed by atoms with Crippen molar-refractivity contribution in [2.24, 2.45) is 0 Å². The van der Waals surface area contributed by atoms with Crippen LogP contribution in [0.4, 0.5) is 5.69 Å². The number of carbonyl (C=O) groups is 1. The van der Waals surface area contributed by atoms with Gasteiger partial charge in [0.2, 0.25) is 11.1 Å². The largest absolute Gasteiger partial charge is 0.325 e. The molecule has 1 aromatic heterocycles. The Balaban J connectivity index is 1.67. The van der Waals surface area contributed by atoms with E-state index in [0.29, 0.717) is 10.2 Å². The standard InChI is InChI=1S/C16H14ClN5OS/c1-11-5-2-3-8-14(11)18-15(23)10-24-16-19-20-21-22(16)13-7-4-6-12(17)9-13/h2-9H,10H2,1H3,(H,18,23). The molecule has 0 saturated heterocycles. The number of nitrogens with one attached hydrogen (secondary N) is 1. The molecular weight excluding hydrogens is 346 g/mol. The molecule has 0 spiro atoms. The van der Waals surface area contributed by atoms with Crippen molar-refractivity contribution in [1.29, 1.82) is 0 Å². The van der Waals surface area contributed by atoms with Crippen LogP contribution >= 0.6 is 23.4 Å². The number of benzene rings is 2. The molecule has 3 rings (SSSR count). The summed E-state index contributed by atoms with van der Waals surface area (Å²) in [5.74, 6) is 0.0879. The van der Waals surface area contributed by atoms with Gasteiger partial charge in [-0.2, -0.15) is 4.68 Å². The van der Waals surface area contributed by atoms with E-state index in [4.69, 9.17) is 11.6 Å². The monoisotopic (exact) mass is 359 g/mol. The van der Waals surface area contributed by atoms with Crippen LogP contribution in [0.2, 0.25) is 5.02 Å². The van der Waals surface area contributed by atoms with Crippen LogP contribution in [-0.2, 0) is 4.79 Å². The fourth-order valence-corrected chi connectivity index (χ4v) is 2.94. The lowest BCUT2D eigenvalue weighted by Gasteiger charge is -2.08. The number of anilines is 1. The highest BCUT2D eigenvalue weighted by molar-refractivity contribution is 7.99. The molecule has 0 unspecified atom stereocenters. The summed E-state index contributed by atoms with van der Waals surface area (Å²) in [5, 5.41) is 15.6. The number of aromatic nitrogens is 4. The van der Waals surface area contributed by atoms with Crippen molar-refractivity contribution in [1.82, 2.24) is 20.2 Å². The van der Waals surface area contributed by atoms with Crippen molar-refractivity contribution in [3.8, 4) is 5.69 Å². The van der Waals surface area contributed by atoms with Gasteiger partial charge in [-0.15, -0.1) is 5.10 Å². The van der Waals surface area contributed by atoms with Gasteiger partial charge in [0.1, 0.15) is 0 Å². The average Bonchev–Trinajstić information content (AvgIpc) is 3.04. The molecular formula is C16H14ClN5OS. The Morgan fingerprint density at radius 1 is 1.25 bits per heavy atom. The van der Waals surface area contributed by atoms with Crippen molar-refractivity contribution < 1.29 is 4.79 Å². The van der Waals surface area contributed by atoms with E-state index in [0.717, 1.165) is 16.9 Å². The number of carbonyl (C=O) groups excluding carboxylic acids is 1. The molecule has 0 aliphatic heterocycles. The maximum absolute atomic E-state index is 12.1. The summed E-state index contributed by atoms with van der Waals surface area (Å²) in [6, 6.07) is 14.8. The molecule has 0 bridgehead atoms. The van der Waals surface area contributed by atoms with Crippen molar-refractivity contribution in [2.45, 2.75) is 12.1 Å². The van der Waals surface area contributed by atoms with Crippen molar-refractivity contribution >= 4 is 35.0 Å². The van der Waals surface area contributed by atoms with Gasteiger partial charge in [-0.05, 0) is 47.2 Å². The fraction of sp³-hybridized carbons (Fsp3) is 0.125. The van der Waals surface area contributed by atoms with Crippen LogP contribution in [-0.4, -0.2) is 31.9 Å². The van der Waals surface area contributed by atoms with Gasteiger partial charge in [-0.1, -0.05) is 47.6 Å². The van der Waals surface area contributed by atoms with Gasteiger partial charge in [-0.25, -0.2) is 0 Å². The molecule has 8 heteroatoms. The SMILES string of the molecule is Cc1ccccc1NC(=O)CSc1nnnn1-c1cccc(Cl)c1. The molecule has 2 aromatic carbocycles. The second-order valence-electron chi connectivity index (χ2n) is 5.00. The number of tetrazole rings is 1. The molecule has 3 aromatic rings. The van der Waals surface area contributed by atoms with Crippen LogP contribution in [0.25, 0.3) is 5.69 Å². The highest BCUT2D eigenvalue weighted by Gasteiger charge is 2.12. The van der Waals surface area contributed by atoms with Crippen molar-refractivity contribution in [3.05, 3.63) is 59.1 Å². The highest BCUT2D eigenvalue weighted by Crippen LogP contribution is 2.21. The lowest BCUT2D eigenvalue weighted by atomic mass is 10.2. The number of nitrogens with zero attached hydrogens (tertiary/aromatic N) is 4. The van der Waals surface area contributed by atoms with Crippen LogP contribution in [0.3, 0.4) is 0 Å². The Kier molecular flexibility index (Phi) is 5.12. The third-order valence-electron chi connectivity index (χ3n) is 3.25.